The van der Waals surface area contributed by atoms with E-state index in [4.69, 9.17) is 5.11 Å². The van der Waals surface area contributed by atoms with Crippen molar-refractivity contribution in [3.8, 4) is 0 Å². The second-order valence-corrected chi connectivity index (χ2v) is 11.1. The first-order valence-electron chi connectivity index (χ1n) is 11.4. The van der Waals surface area contributed by atoms with E-state index in [2.05, 4.69) is 5.32 Å². The summed E-state index contributed by atoms with van der Waals surface area (Å²) < 4.78 is 0. The number of carboxylic acid groups (broad SMARTS) is 2. The molecule has 10 nitrogen and oxygen atoms in total. The second-order valence-electron chi connectivity index (χ2n) is 8.90. The van der Waals surface area contributed by atoms with Crippen LogP contribution in [0.4, 0.5) is 0 Å². The maximum atomic E-state index is 12.9. The fraction of sp³-hybridized carbons (Fsp3) is 0.375. The Balaban J connectivity index is 0.00000320. The van der Waals surface area contributed by atoms with Gasteiger partial charge in [-0.25, -0.2) is 9.59 Å². The molecule has 3 aliphatic heterocycles. The molecule has 189 valence electrons. The number of nitrogens with one attached hydrogen (secondary N) is 1. The van der Waals surface area contributed by atoms with Crippen molar-refractivity contribution in [3.63, 3.8) is 0 Å². The van der Waals surface area contributed by atoms with Gasteiger partial charge in [-0.15, -0.1) is 23.5 Å². The number of rotatable bonds is 8. The summed E-state index contributed by atoms with van der Waals surface area (Å²) in [6, 6.07) is 5.57. The van der Waals surface area contributed by atoms with E-state index in [1.165, 1.54) is 40.6 Å². The molecule has 0 spiro atoms. The number of likely N-dealkylation sites (tertiary alicyclic amines) is 1. The smallest absolute Gasteiger partial charge is 0.352 e. The Bertz CT molecular complexity index is 1230. The minimum Gasteiger partial charge on any atom is -0.478 e. The van der Waals surface area contributed by atoms with Gasteiger partial charge in [-0.1, -0.05) is 0 Å². The number of carbonyl (C=O) groups excluding carboxylic acids is 3. The summed E-state index contributed by atoms with van der Waals surface area (Å²) in [6.45, 7) is 0.638. The predicted molar refractivity (Wildman–Crippen MR) is 137 cm³/mol. The first-order chi connectivity index (χ1) is 17.2. The fourth-order valence-corrected chi connectivity index (χ4v) is 6.54. The summed E-state index contributed by atoms with van der Waals surface area (Å²) in [5.41, 5.74) is 1.02. The molecule has 5 rings (SSSR count). The molecule has 4 aliphatic rings. The summed E-state index contributed by atoms with van der Waals surface area (Å²) in [6.07, 6.45) is 4.20. The fourth-order valence-electron chi connectivity index (χ4n) is 4.52. The van der Waals surface area contributed by atoms with Crippen LogP contribution in [0.1, 0.15) is 29.6 Å². The number of hydrogen-bond donors (Lipinski definition) is 3. The molecule has 1 saturated carbocycles. The van der Waals surface area contributed by atoms with E-state index in [-0.39, 0.29) is 58.4 Å². The van der Waals surface area contributed by atoms with Crippen molar-refractivity contribution in [2.75, 3.05) is 18.1 Å². The van der Waals surface area contributed by atoms with Crippen LogP contribution < -0.4 is 5.32 Å². The number of aromatic carboxylic acids is 1. The van der Waals surface area contributed by atoms with Crippen molar-refractivity contribution in [1.29, 1.82) is 0 Å². The molecule has 1 radical (unpaired) electrons. The molecule has 3 fully saturated rings. The molecular weight excluding hydrogens is 529 g/mol. The van der Waals surface area contributed by atoms with E-state index in [9.17, 15) is 29.1 Å². The summed E-state index contributed by atoms with van der Waals surface area (Å²) in [5.74, 6) is -2.88. The molecule has 0 aromatic heterocycles. The first-order valence-corrected chi connectivity index (χ1v) is 13.5. The number of fused-ring (bicyclic) bond motifs is 1. The second kappa shape index (κ2) is 11.2. The summed E-state index contributed by atoms with van der Waals surface area (Å²) >= 11 is 2.56. The molecule has 1 aliphatic carbocycles. The van der Waals surface area contributed by atoms with Crippen LogP contribution in [0.25, 0.3) is 0 Å². The van der Waals surface area contributed by atoms with Gasteiger partial charge >= 0.3 is 11.9 Å². The largest absolute Gasteiger partial charge is 0.478 e. The normalized spacial score (nSPS) is 23.9. The third-order valence-electron chi connectivity index (χ3n) is 6.48. The molecular formula is C24H23N3NaO7S2. The first kappa shape index (κ1) is 27.8. The zero-order valence-electron chi connectivity index (χ0n) is 20.0. The maximum absolute atomic E-state index is 12.9. The number of β-lactam (4-membered cyclic amide) rings is 1. The molecule has 2 atom stereocenters. The van der Waals surface area contributed by atoms with Gasteiger partial charge < -0.3 is 20.4 Å². The van der Waals surface area contributed by atoms with E-state index in [1.807, 2.05) is 4.90 Å². The number of amides is 3. The van der Waals surface area contributed by atoms with Crippen molar-refractivity contribution < 1.29 is 34.2 Å². The third-order valence-corrected chi connectivity index (χ3v) is 8.80. The molecule has 1 aromatic rings. The van der Waals surface area contributed by atoms with Crippen LogP contribution in [0.2, 0.25) is 0 Å². The number of carbonyl (C=O) groups is 5. The molecule has 0 unspecified atom stereocenters. The SMILES string of the molecule is O=C(CSc1ccc(C(=O)O)cc1)N[C@@H]1C(=O)N2C(C(=O)O)=C(C=C3CCN(C4CC4)C3=O)CS[C@H]12.[Na]. The van der Waals surface area contributed by atoms with Crippen LogP contribution in [-0.2, 0) is 19.2 Å². The molecule has 3 N–H and O–H groups in total. The quantitative estimate of drug-likeness (QED) is 0.187. The van der Waals surface area contributed by atoms with Gasteiger partial charge in [0.25, 0.3) is 5.91 Å². The van der Waals surface area contributed by atoms with Crippen LogP contribution in [0.3, 0.4) is 0 Å². The van der Waals surface area contributed by atoms with Crippen molar-refractivity contribution in [3.05, 3.63) is 52.7 Å². The Morgan fingerprint density at radius 3 is 2.43 bits per heavy atom. The van der Waals surface area contributed by atoms with E-state index in [0.717, 1.165) is 12.8 Å². The molecule has 3 heterocycles. The molecule has 37 heavy (non-hydrogen) atoms. The Hall–Kier alpha value is -2.25. The van der Waals surface area contributed by atoms with E-state index in [0.29, 0.717) is 40.8 Å². The zero-order chi connectivity index (χ0) is 25.6. The van der Waals surface area contributed by atoms with Crippen LogP contribution in [0, 0.1) is 0 Å². The van der Waals surface area contributed by atoms with Crippen LogP contribution in [-0.4, -0.2) is 115 Å². The summed E-state index contributed by atoms with van der Waals surface area (Å²) in [5, 5.41) is 21.0. The number of thioether (sulfide) groups is 2. The van der Waals surface area contributed by atoms with Gasteiger partial charge in [0.2, 0.25) is 11.8 Å². The Morgan fingerprint density at radius 1 is 1.11 bits per heavy atom. The molecule has 2 saturated heterocycles. The minimum absolute atomic E-state index is 0. The minimum atomic E-state index is -1.24. The van der Waals surface area contributed by atoms with Crippen molar-refractivity contribution >= 4 is 82.7 Å². The van der Waals surface area contributed by atoms with Gasteiger partial charge in [0.15, 0.2) is 0 Å². The number of nitrogens with zero attached hydrogens (tertiary/aromatic N) is 2. The molecule has 1 aromatic carbocycles. The van der Waals surface area contributed by atoms with E-state index < -0.39 is 29.3 Å². The Morgan fingerprint density at radius 2 is 1.81 bits per heavy atom. The van der Waals surface area contributed by atoms with Gasteiger partial charge in [0, 0.05) is 58.4 Å². The number of allylic oxidation sites excluding steroid dienone is 1. The topological polar surface area (TPSA) is 144 Å². The van der Waals surface area contributed by atoms with Gasteiger partial charge in [-0.2, -0.15) is 0 Å². The van der Waals surface area contributed by atoms with Crippen LogP contribution in [0.5, 0.6) is 0 Å². The van der Waals surface area contributed by atoms with Crippen molar-refractivity contribution in [2.24, 2.45) is 0 Å². The predicted octanol–water partition coefficient (Wildman–Crippen LogP) is 1.16. The van der Waals surface area contributed by atoms with Gasteiger partial charge in [0.05, 0.1) is 11.3 Å². The zero-order valence-corrected chi connectivity index (χ0v) is 23.6. The summed E-state index contributed by atoms with van der Waals surface area (Å²) in [4.78, 5) is 64.8. The van der Waals surface area contributed by atoms with Crippen LogP contribution >= 0.6 is 23.5 Å². The monoisotopic (exact) mass is 552 g/mol. The van der Waals surface area contributed by atoms with Gasteiger partial charge in [-0.3, -0.25) is 19.3 Å². The standard InChI is InChI=1S/C24H23N3O7S2.Na/c28-17(11-35-16-5-1-12(2-6-16)23(31)32)25-18-21(30)27-19(24(33)34)14(10-36-22(18)27)9-13-7-8-26(20(13)29)15-3-4-15;/h1-2,5-6,9,15,18,22H,3-4,7-8,10-11H2,(H,25,28)(H,31,32)(H,33,34);/t18-,22-;/m1./s1. The average Bonchev–Trinajstić information content (AvgIpc) is 3.64. The molecule has 13 heteroatoms. The van der Waals surface area contributed by atoms with Crippen molar-refractivity contribution in [2.45, 2.75) is 41.6 Å². The van der Waals surface area contributed by atoms with Crippen LogP contribution in [0.15, 0.2) is 52.1 Å². The Labute approximate surface area is 243 Å². The number of benzene rings is 1. The number of hydrogen-bond acceptors (Lipinski definition) is 7. The molecule has 0 bridgehead atoms. The maximum Gasteiger partial charge on any atom is 0.352 e. The molecule has 3 amide bonds. The summed E-state index contributed by atoms with van der Waals surface area (Å²) in [7, 11) is 0. The van der Waals surface area contributed by atoms with Gasteiger partial charge in [-0.05, 0) is 55.2 Å². The number of carboxylic acids is 2. The van der Waals surface area contributed by atoms with E-state index in [1.54, 1.807) is 18.2 Å². The Kier molecular flexibility index (Phi) is 8.44. The third kappa shape index (κ3) is 5.63. The average molecular weight is 553 g/mol. The van der Waals surface area contributed by atoms with Crippen molar-refractivity contribution in [1.82, 2.24) is 15.1 Å². The van der Waals surface area contributed by atoms with E-state index >= 15 is 0 Å². The number of aliphatic carboxylic acids is 1. The van der Waals surface area contributed by atoms with Gasteiger partial charge in [0.1, 0.15) is 17.1 Å².